The predicted octanol–water partition coefficient (Wildman–Crippen LogP) is 2.45. The van der Waals surface area contributed by atoms with Crippen LogP contribution in [0.1, 0.15) is 5.56 Å². The van der Waals surface area contributed by atoms with E-state index in [0.717, 1.165) is 10.0 Å². The van der Waals surface area contributed by atoms with Crippen LogP contribution in [-0.2, 0) is 9.59 Å². The molecule has 0 saturated carbocycles. The highest BCUT2D eigenvalue weighted by Crippen LogP contribution is 2.30. The number of fused-ring (bicyclic) bond motifs is 1. The summed E-state index contributed by atoms with van der Waals surface area (Å²) in [6.07, 6.45) is 2.14. The zero-order valence-corrected chi connectivity index (χ0v) is 14.7. The summed E-state index contributed by atoms with van der Waals surface area (Å²) in [4.78, 5) is 23.9. The summed E-state index contributed by atoms with van der Waals surface area (Å²) in [5.41, 5.74) is 5.50. The van der Waals surface area contributed by atoms with Gasteiger partial charge in [-0.3, -0.25) is 20.4 Å². The largest absolute Gasteiger partial charge is 0.485 e. The molecule has 0 radical (unpaired) electrons. The van der Waals surface area contributed by atoms with Crippen molar-refractivity contribution in [2.45, 2.75) is 6.10 Å². The van der Waals surface area contributed by atoms with E-state index in [1.54, 1.807) is 24.3 Å². The second-order valence-electron chi connectivity index (χ2n) is 5.23. The van der Waals surface area contributed by atoms with Crippen molar-refractivity contribution in [3.8, 4) is 11.5 Å². The highest BCUT2D eigenvalue weighted by molar-refractivity contribution is 9.10. The molecule has 2 aromatic rings. The zero-order valence-electron chi connectivity index (χ0n) is 13.1. The molecule has 128 valence electrons. The van der Waals surface area contributed by atoms with Crippen LogP contribution in [0.3, 0.4) is 0 Å². The third-order valence-corrected chi connectivity index (χ3v) is 3.88. The van der Waals surface area contributed by atoms with Gasteiger partial charge in [0.25, 0.3) is 11.8 Å². The number of halogens is 1. The van der Waals surface area contributed by atoms with Gasteiger partial charge >= 0.3 is 0 Å². The van der Waals surface area contributed by atoms with Crippen LogP contribution < -0.4 is 20.3 Å². The molecule has 2 aromatic carbocycles. The number of rotatable bonds is 3. The fourth-order valence-corrected chi connectivity index (χ4v) is 2.59. The van der Waals surface area contributed by atoms with E-state index in [0.29, 0.717) is 11.5 Å². The summed E-state index contributed by atoms with van der Waals surface area (Å²) in [5.74, 6) is 0.145. The first-order valence-electron chi connectivity index (χ1n) is 7.54. The van der Waals surface area contributed by atoms with E-state index in [1.807, 2.05) is 30.3 Å². The Bertz CT molecular complexity index is 822. The fourth-order valence-electron chi connectivity index (χ4n) is 2.18. The molecule has 0 aliphatic carbocycles. The van der Waals surface area contributed by atoms with Crippen molar-refractivity contribution < 1.29 is 19.1 Å². The molecule has 1 aliphatic rings. The highest BCUT2D eigenvalue weighted by Gasteiger charge is 2.27. The molecule has 0 fully saturated rings. The summed E-state index contributed by atoms with van der Waals surface area (Å²) in [6, 6.07) is 14.6. The molecule has 25 heavy (non-hydrogen) atoms. The Morgan fingerprint density at radius 3 is 2.68 bits per heavy atom. The minimum atomic E-state index is -0.829. The molecule has 0 saturated heterocycles. The van der Waals surface area contributed by atoms with Gasteiger partial charge in [-0.25, -0.2) is 0 Å². The van der Waals surface area contributed by atoms with Crippen molar-refractivity contribution in [1.29, 1.82) is 0 Å². The van der Waals surface area contributed by atoms with Crippen molar-refractivity contribution in [1.82, 2.24) is 10.9 Å². The van der Waals surface area contributed by atoms with Crippen LogP contribution in [0.15, 0.2) is 59.1 Å². The Balaban J connectivity index is 1.50. The lowest BCUT2D eigenvalue weighted by Crippen LogP contribution is -2.50. The molecule has 3 rings (SSSR count). The van der Waals surface area contributed by atoms with Gasteiger partial charge in [0.15, 0.2) is 11.5 Å². The van der Waals surface area contributed by atoms with E-state index in [4.69, 9.17) is 9.47 Å². The minimum absolute atomic E-state index is 0.0760. The van der Waals surface area contributed by atoms with Crippen LogP contribution >= 0.6 is 15.9 Å². The van der Waals surface area contributed by atoms with Gasteiger partial charge in [0, 0.05) is 10.5 Å². The van der Waals surface area contributed by atoms with Gasteiger partial charge in [-0.15, -0.1) is 0 Å². The molecule has 1 unspecified atom stereocenters. The molecule has 1 aliphatic heterocycles. The van der Waals surface area contributed by atoms with Gasteiger partial charge in [0.1, 0.15) is 6.61 Å². The Morgan fingerprint density at radius 2 is 1.88 bits per heavy atom. The molecule has 1 heterocycles. The number of benzene rings is 2. The van der Waals surface area contributed by atoms with Crippen molar-refractivity contribution >= 4 is 33.8 Å². The first kappa shape index (κ1) is 17.0. The van der Waals surface area contributed by atoms with Gasteiger partial charge in [-0.2, -0.15) is 0 Å². The molecular formula is C18H15BrN2O4. The quantitative estimate of drug-likeness (QED) is 0.610. The van der Waals surface area contributed by atoms with Crippen molar-refractivity contribution in [2.75, 3.05) is 6.61 Å². The number of carbonyl (C=O) groups excluding carboxylic acids is 2. The van der Waals surface area contributed by atoms with Crippen molar-refractivity contribution in [3.05, 3.63) is 64.6 Å². The number of para-hydroxylation sites is 2. The van der Waals surface area contributed by atoms with Gasteiger partial charge in [-0.05, 0) is 35.9 Å². The number of nitrogens with one attached hydrogen (secondary N) is 2. The number of carbonyl (C=O) groups is 2. The minimum Gasteiger partial charge on any atom is -0.485 e. The third-order valence-electron chi connectivity index (χ3n) is 3.39. The van der Waals surface area contributed by atoms with E-state index in [2.05, 4.69) is 26.8 Å². The lowest BCUT2D eigenvalue weighted by atomic mass is 10.2. The van der Waals surface area contributed by atoms with Crippen LogP contribution in [0.4, 0.5) is 0 Å². The highest BCUT2D eigenvalue weighted by atomic mass is 79.9. The lowest BCUT2D eigenvalue weighted by Gasteiger charge is -2.25. The van der Waals surface area contributed by atoms with Gasteiger partial charge in [0.05, 0.1) is 0 Å². The third kappa shape index (κ3) is 4.60. The summed E-state index contributed by atoms with van der Waals surface area (Å²) in [6.45, 7) is 0.0760. The van der Waals surface area contributed by atoms with Gasteiger partial charge in [-0.1, -0.05) is 40.2 Å². The number of hydrazine groups is 1. The number of hydrogen-bond acceptors (Lipinski definition) is 4. The van der Waals surface area contributed by atoms with Crippen LogP contribution in [0.5, 0.6) is 11.5 Å². The second-order valence-corrected chi connectivity index (χ2v) is 6.15. The smallest absolute Gasteiger partial charge is 0.283 e. The molecule has 2 N–H and O–H groups in total. The van der Waals surface area contributed by atoms with E-state index in [-0.39, 0.29) is 6.61 Å². The van der Waals surface area contributed by atoms with Gasteiger partial charge < -0.3 is 9.47 Å². The Hall–Kier alpha value is -2.80. The number of hydrogen-bond donors (Lipinski definition) is 2. The van der Waals surface area contributed by atoms with Gasteiger partial charge in [0.2, 0.25) is 6.10 Å². The normalized spacial score (nSPS) is 15.6. The molecule has 2 amide bonds. The van der Waals surface area contributed by atoms with Crippen LogP contribution in [0, 0.1) is 0 Å². The Labute approximate surface area is 152 Å². The second kappa shape index (κ2) is 7.85. The topological polar surface area (TPSA) is 76.7 Å². The van der Waals surface area contributed by atoms with E-state index in [9.17, 15) is 9.59 Å². The van der Waals surface area contributed by atoms with E-state index < -0.39 is 17.9 Å². The zero-order chi connectivity index (χ0) is 17.6. The Kier molecular flexibility index (Phi) is 5.35. The first-order valence-corrected chi connectivity index (χ1v) is 8.33. The summed E-state index contributed by atoms with van der Waals surface area (Å²) >= 11 is 3.36. The van der Waals surface area contributed by atoms with Crippen molar-refractivity contribution in [2.24, 2.45) is 0 Å². The molecule has 0 spiro atoms. The average Bonchev–Trinajstić information content (AvgIpc) is 2.64. The maximum Gasteiger partial charge on any atom is 0.283 e. The van der Waals surface area contributed by atoms with Crippen LogP contribution in [-0.4, -0.2) is 24.5 Å². The number of amides is 2. The van der Waals surface area contributed by atoms with Crippen LogP contribution in [0.25, 0.3) is 6.08 Å². The summed E-state index contributed by atoms with van der Waals surface area (Å²) in [5, 5.41) is 0. The lowest BCUT2D eigenvalue weighted by molar-refractivity contribution is -0.134. The Morgan fingerprint density at radius 1 is 1.08 bits per heavy atom. The van der Waals surface area contributed by atoms with Crippen molar-refractivity contribution in [3.63, 3.8) is 0 Å². The SMILES string of the molecule is O=C(C=Cc1cccc(Br)c1)NNC(=O)C1COc2ccccc2O1. The fraction of sp³-hybridized carbons (Fsp3) is 0.111. The number of ether oxygens (including phenoxy) is 2. The molecule has 6 nitrogen and oxygen atoms in total. The predicted molar refractivity (Wildman–Crippen MR) is 95.8 cm³/mol. The summed E-state index contributed by atoms with van der Waals surface area (Å²) in [7, 11) is 0. The molecular weight excluding hydrogens is 388 g/mol. The average molecular weight is 403 g/mol. The maximum atomic E-state index is 12.1. The standard InChI is InChI=1S/C18H15BrN2O4/c19-13-5-3-4-12(10-13)8-9-17(22)20-21-18(23)16-11-24-14-6-1-2-7-15(14)25-16/h1-10,16H,11H2,(H,20,22)(H,21,23). The molecule has 0 aromatic heterocycles. The first-order chi connectivity index (χ1) is 12.1. The van der Waals surface area contributed by atoms with E-state index in [1.165, 1.54) is 6.08 Å². The molecule has 1 atom stereocenters. The maximum absolute atomic E-state index is 12.1. The van der Waals surface area contributed by atoms with Crippen LogP contribution in [0.2, 0.25) is 0 Å². The van der Waals surface area contributed by atoms with E-state index >= 15 is 0 Å². The molecule has 0 bridgehead atoms. The molecule has 7 heteroatoms. The monoisotopic (exact) mass is 402 g/mol. The summed E-state index contributed by atoms with van der Waals surface area (Å²) < 4.78 is 11.9.